The van der Waals surface area contributed by atoms with Crippen molar-refractivity contribution in [2.24, 2.45) is 0 Å². The van der Waals surface area contributed by atoms with Gasteiger partial charge in [-0.3, -0.25) is 4.79 Å². The van der Waals surface area contributed by atoms with E-state index in [0.29, 0.717) is 18.1 Å². The Bertz CT molecular complexity index is 1160. The zero-order valence-electron chi connectivity index (χ0n) is 17.2. The molecule has 7 nitrogen and oxygen atoms in total. The van der Waals surface area contributed by atoms with Gasteiger partial charge in [0.2, 0.25) is 15.0 Å². The Kier molecular flexibility index (Phi) is 6.45. The highest BCUT2D eigenvalue weighted by molar-refractivity contribution is 7.88. The first-order valence-electron chi connectivity index (χ1n) is 10.1. The third-order valence-corrected chi connectivity index (χ3v) is 8.25. The number of aryl methyl sites for hydroxylation is 1. The van der Waals surface area contributed by atoms with Gasteiger partial charge in [-0.25, -0.2) is 12.7 Å². The Balaban J connectivity index is 1.44. The fourth-order valence-electron chi connectivity index (χ4n) is 3.65. The number of carbonyl (C=O) groups excluding carboxylic acids is 1. The molecule has 0 saturated carbocycles. The largest absolute Gasteiger partial charge is 0.320 e. The van der Waals surface area contributed by atoms with E-state index in [4.69, 9.17) is 0 Å². The highest BCUT2D eigenvalue weighted by Crippen LogP contribution is 2.31. The smallest absolute Gasteiger partial charge is 0.286 e. The van der Waals surface area contributed by atoms with Crippen molar-refractivity contribution in [1.82, 2.24) is 14.5 Å². The Morgan fingerprint density at radius 3 is 2.65 bits per heavy atom. The van der Waals surface area contributed by atoms with Gasteiger partial charge in [0.15, 0.2) is 0 Å². The number of hydrogen-bond acceptors (Lipinski definition) is 6. The van der Waals surface area contributed by atoms with Crippen LogP contribution in [0, 0.1) is 6.92 Å². The number of rotatable bonds is 6. The number of aromatic nitrogens is 2. The minimum atomic E-state index is -3.42. The summed E-state index contributed by atoms with van der Waals surface area (Å²) in [6, 6.07) is 16.7. The molecule has 1 aliphatic rings. The summed E-state index contributed by atoms with van der Waals surface area (Å²) >= 11 is 1.23. The van der Waals surface area contributed by atoms with Gasteiger partial charge in [-0.05, 0) is 37.0 Å². The van der Waals surface area contributed by atoms with Crippen molar-refractivity contribution >= 4 is 33.0 Å². The number of piperidine rings is 1. The number of benzene rings is 2. The van der Waals surface area contributed by atoms with E-state index in [9.17, 15) is 13.2 Å². The molecule has 162 valence electrons. The van der Waals surface area contributed by atoms with Crippen molar-refractivity contribution in [2.45, 2.75) is 31.4 Å². The third-order valence-electron chi connectivity index (χ3n) is 5.35. The van der Waals surface area contributed by atoms with Crippen LogP contribution in [0.1, 0.15) is 44.7 Å². The van der Waals surface area contributed by atoms with E-state index in [0.717, 1.165) is 29.7 Å². The van der Waals surface area contributed by atoms with Gasteiger partial charge in [0, 0.05) is 24.7 Å². The highest BCUT2D eigenvalue weighted by atomic mass is 32.2. The van der Waals surface area contributed by atoms with Crippen molar-refractivity contribution in [3.05, 3.63) is 75.7 Å². The monoisotopic (exact) mass is 456 g/mol. The van der Waals surface area contributed by atoms with Gasteiger partial charge in [0.25, 0.3) is 5.91 Å². The number of anilines is 1. The van der Waals surface area contributed by atoms with Gasteiger partial charge in [0.05, 0.1) is 5.75 Å². The van der Waals surface area contributed by atoms with Crippen LogP contribution in [0.4, 0.5) is 5.69 Å². The second-order valence-electron chi connectivity index (χ2n) is 7.65. The molecule has 0 aliphatic carbocycles. The summed E-state index contributed by atoms with van der Waals surface area (Å²) in [6.45, 7) is 2.79. The topological polar surface area (TPSA) is 92.3 Å². The summed E-state index contributed by atoms with van der Waals surface area (Å²) in [5, 5.41) is 12.1. The standard InChI is InChI=1S/C22H24N4O3S2/c1-16-8-5-6-12-19(16)23-20(27)22-25-24-21(30-22)18-11-7-13-26(14-18)31(28,29)15-17-9-3-2-4-10-17/h2-6,8-10,12,18H,7,11,13-15H2,1H3,(H,23,27)/t18-/m0/s1. The molecule has 3 aromatic rings. The van der Waals surface area contributed by atoms with E-state index in [2.05, 4.69) is 15.5 Å². The van der Waals surface area contributed by atoms with Crippen LogP contribution in [-0.4, -0.2) is 41.9 Å². The maximum atomic E-state index is 12.9. The first kappa shape index (κ1) is 21.6. The maximum Gasteiger partial charge on any atom is 0.286 e. The molecule has 1 fully saturated rings. The lowest BCUT2D eigenvalue weighted by Gasteiger charge is -2.30. The molecule has 1 amide bonds. The Hall–Kier alpha value is -2.62. The summed E-state index contributed by atoms with van der Waals surface area (Å²) in [7, 11) is -3.42. The number of sulfonamides is 1. The van der Waals surface area contributed by atoms with E-state index >= 15 is 0 Å². The summed E-state index contributed by atoms with van der Waals surface area (Å²) in [5.41, 5.74) is 2.47. The summed E-state index contributed by atoms with van der Waals surface area (Å²) in [6.07, 6.45) is 1.58. The average molecular weight is 457 g/mol. The van der Waals surface area contributed by atoms with Crippen LogP contribution < -0.4 is 5.32 Å². The molecular formula is C22H24N4O3S2. The van der Waals surface area contributed by atoms with Crippen molar-refractivity contribution in [3.63, 3.8) is 0 Å². The van der Waals surface area contributed by atoms with Crippen molar-refractivity contribution in [1.29, 1.82) is 0 Å². The number of amides is 1. The molecule has 31 heavy (non-hydrogen) atoms. The Morgan fingerprint density at radius 2 is 1.87 bits per heavy atom. The van der Waals surface area contributed by atoms with E-state index in [-0.39, 0.29) is 22.6 Å². The Labute approximate surface area is 186 Å². The van der Waals surface area contributed by atoms with E-state index in [1.807, 2.05) is 61.5 Å². The van der Waals surface area contributed by atoms with Crippen molar-refractivity contribution in [2.75, 3.05) is 18.4 Å². The molecule has 0 unspecified atom stereocenters. The predicted molar refractivity (Wildman–Crippen MR) is 122 cm³/mol. The minimum Gasteiger partial charge on any atom is -0.320 e. The number of hydrogen-bond donors (Lipinski definition) is 1. The molecule has 0 radical (unpaired) electrons. The molecule has 2 aromatic carbocycles. The van der Waals surface area contributed by atoms with Crippen LogP contribution in [0.5, 0.6) is 0 Å². The van der Waals surface area contributed by atoms with Gasteiger partial charge in [-0.2, -0.15) is 0 Å². The average Bonchev–Trinajstić information content (AvgIpc) is 3.26. The van der Waals surface area contributed by atoms with Gasteiger partial charge in [-0.1, -0.05) is 59.9 Å². The van der Waals surface area contributed by atoms with Crippen molar-refractivity contribution < 1.29 is 13.2 Å². The fourth-order valence-corrected chi connectivity index (χ4v) is 6.13. The molecule has 1 atom stereocenters. The third kappa shape index (κ3) is 5.17. The van der Waals surface area contributed by atoms with Gasteiger partial charge in [-0.15, -0.1) is 10.2 Å². The van der Waals surface area contributed by atoms with Crippen LogP contribution in [0.2, 0.25) is 0 Å². The fraction of sp³-hybridized carbons (Fsp3) is 0.318. The molecule has 0 bridgehead atoms. The molecule has 1 aromatic heterocycles. The van der Waals surface area contributed by atoms with Crippen LogP contribution in [-0.2, 0) is 15.8 Å². The summed E-state index contributed by atoms with van der Waals surface area (Å²) in [5.74, 6) is -0.375. The second-order valence-corrected chi connectivity index (χ2v) is 10.6. The lowest BCUT2D eigenvalue weighted by Crippen LogP contribution is -2.39. The molecule has 1 aliphatic heterocycles. The molecule has 0 spiro atoms. The van der Waals surface area contributed by atoms with E-state index < -0.39 is 10.0 Å². The molecule has 9 heteroatoms. The first-order chi connectivity index (χ1) is 14.9. The van der Waals surface area contributed by atoms with Crippen LogP contribution in [0.3, 0.4) is 0 Å². The van der Waals surface area contributed by atoms with Gasteiger partial charge in [0.1, 0.15) is 5.01 Å². The SMILES string of the molecule is Cc1ccccc1NC(=O)c1nnc([C@H]2CCCN(S(=O)(=O)Cc3ccccc3)C2)s1. The molecular weight excluding hydrogens is 432 g/mol. The van der Waals surface area contributed by atoms with Gasteiger partial charge < -0.3 is 5.32 Å². The van der Waals surface area contributed by atoms with Crippen LogP contribution in [0.15, 0.2) is 54.6 Å². The first-order valence-corrected chi connectivity index (χ1v) is 12.6. The van der Waals surface area contributed by atoms with Crippen LogP contribution in [0.25, 0.3) is 0 Å². The molecule has 2 heterocycles. The van der Waals surface area contributed by atoms with Crippen molar-refractivity contribution in [3.8, 4) is 0 Å². The van der Waals surface area contributed by atoms with E-state index in [1.165, 1.54) is 11.3 Å². The predicted octanol–water partition coefficient (Wildman–Crippen LogP) is 3.81. The number of carbonyl (C=O) groups is 1. The minimum absolute atomic E-state index is 0.0131. The molecule has 1 N–H and O–H groups in total. The molecule has 4 rings (SSSR count). The quantitative estimate of drug-likeness (QED) is 0.609. The van der Waals surface area contributed by atoms with Crippen LogP contribution >= 0.6 is 11.3 Å². The van der Waals surface area contributed by atoms with E-state index in [1.54, 1.807) is 4.31 Å². The lowest BCUT2D eigenvalue weighted by atomic mass is 10.0. The Morgan fingerprint density at radius 1 is 1.13 bits per heavy atom. The zero-order chi connectivity index (χ0) is 21.8. The summed E-state index contributed by atoms with van der Waals surface area (Å²) < 4.78 is 27.4. The number of nitrogens with zero attached hydrogens (tertiary/aromatic N) is 3. The lowest BCUT2D eigenvalue weighted by molar-refractivity contribution is 0.102. The van der Waals surface area contributed by atoms with Gasteiger partial charge >= 0.3 is 0 Å². The molecule has 1 saturated heterocycles. The second kappa shape index (κ2) is 9.25. The number of nitrogens with one attached hydrogen (secondary N) is 1. The summed E-state index contributed by atoms with van der Waals surface area (Å²) in [4.78, 5) is 12.6. The zero-order valence-corrected chi connectivity index (χ0v) is 18.8. The maximum absolute atomic E-state index is 12.9. The highest BCUT2D eigenvalue weighted by Gasteiger charge is 2.32. The number of para-hydroxylation sites is 1. The normalized spacial score (nSPS) is 17.4.